The third-order valence-electron chi connectivity index (χ3n) is 6.16. The van der Waals surface area contributed by atoms with Gasteiger partial charge in [0.2, 0.25) is 5.62 Å². The zero-order chi connectivity index (χ0) is 21.6. The second-order valence-electron chi connectivity index (χ2n) is 8.09. The van der Waals surface area contributed by atoms with Crippen molar-refractivity contribution in [3.05, 3.63) is 59.0 Å². The summed E-state index contributed by atoms with van der Waals surface area (Å²) in [5.41, 5.74) is 0.204. The van der Waals surface area contributed by atoms with E-state index in [0.29, 0.717) is 37.2 Å². The maximum Gasteiger partial charge on any atom is 0.416 e. The fourth-order valence-corrected chi connectivity index (χ4v) is 4.78. The Morgan fingerprint density at radius 3 is 2.37 bits per heavy atom. The van der Waals surface area contributed by atoms with Crippen LogP contribution in [0.4, 0.5) is 13.2 Å². The van der Waals surface area contributed by atoms with E-state index in [9.17, 15) is 18.0 Å². The van der Waals surface area contributed by atoms with Crippen LogP contribution in [0.3, 0.4) is 0 Å². The largest absolute Gasteiger partial charge is 0.416 e. The Morgan fingerprint density at radius 2 is 1.77 bits per heavy atom. The molecule has 1 aromatic heterocycles. The standard InChI is InChI=1S/C21H22F3N5O/c1-12-6-7-29(20(26)27-12)18(25)19(30)28-10-14-8-13(9-15(14)11-28)16-4-2-3-5-17(16)21(22,23)24/h2-7,13-15,25-26H,8-11H2,1H3/t13?,14-,15+. The Morgan fingerprint density at radius 1 is 1.13 bits per heavy atom. The van der Waals surface area contributed by atoms with Crippen LogP contribution in [-0.4, -0.2) is 39.3 Å². The summed E-state index contributed by atoms with van der Waals surface area (Å²) >= 11 is 0. The number of aromatic nitrogens is 2. The van der Waals surface area contributed by atoms with E-state index in [4.69, 9.17) is 10.8 Å². The van der Waals surface area contributed by atoms with Crippen molar-refractivity contribution in [1.82, 2.24) is 14.5 Å². The van der Waals surface area contributed by atoms with E-state index in [1.54, 1.807) is 30.0 Å². The average molecular weight is 417 g/mol. The molecule has 1 saturated carbocycles. The van der Waals surface area contributed by atoms with Crippen molar-refractivity contribution >= 4 is 11.7 Å². The lowest BCUT2D eigenvalue weighted by Crippen LogP contribution is -2.42. The molecule has 9 heteroatoms. The number of hydrogen-bond donors (Lipinski definition) is 2. The molecule has 2 N–H and O–H groups in total. The van der Waals surface area contributed by atoms with Gasteiger partial charge in [-0.15, -0.1) is 0 Å². The summed E-state index contributed by atoms with van der Waals surface area (Å²) in [6.45, 7) is 2.57. The van der Waals surface area contributed by atoms with E-state index < -0.39 is 17.6 Å². The first-order chi connectivity index (χ1) is 14.1. The second kappa shape index (κ2) is 7.37. The minimum absolute atomic E-state index is 0.115. The number of carbonyl (C=O) groups excluding carboxylic acids is 1. The molecule has 3 atom stereocenters. The highest BCUT2D eigenvalue weighted by Crippen LogP contribution is 2.48. The maximum atomic E-state index is 13.4. The maximum absolute atomic E-state index is 13.4. The molecule has 0 spiro atoms. The van der Waals surface area contributed by atoms with Crippen LogP contribution in [0, 0.1) is 29.6 Å². The van der Waals surface area contributed by atoms with Crippen molar-refractivity contribution in [2.75, 3.05) is 13.1 Å². The van der Waals surface area contributed by atoms with E-state index in [0.717, 1.165) is 10.6 Å². The number of likely N-dealkylation sites (tertiary alicyclic amines) is 1. The predicted octanol–water partition coefficient (Wildman–Crippen LogP) is 3.17. The Bertz CT molecular complexity index is 1050. The fourth-order valence-electron chi connectivity index (χ4n) is 4.78. The molecule has 1 aromatic carbocycles. The fraction of sp³-hybridized carbons (Fsp3) is 0.429. The van der Waals surface area contributed by atoms with E-state index in [1.165, 1.54) is 12.3 Å². The van der Waals surface area contributed by atoms with Gasteiger partial charge in [0.25, 0.3) is 5.91 Å². The molecule has 158 valence electrons. The first kappa shape index (κ1) is 20.3. The number of benzene rings is 1. The molecule has 1 aliphatic carbocycles. The lowest BCUT2D eigenvalue weighted by Gasteiger charge is -2.22. The van der Waals surface area contributed by atoms with Gasteiger partial charge in [-0.2, -0.15) is 13.2 Å². The van der Waals surface area contributed by atoms with Crippen LogP contribution in [0.1, 0.15) is 35.6 Å². The highest BCUT2D eigenvalue weighted by Gasteiger charge is 2.45. The Balaban J connectivity index is 1.46. The molecule has 4 rings (SSSR count). The van der Waals surface area contributed by atoms with Crippen LogP contribution in [0.15, 0.2) is 36.5 Å². The molecule has 6 nitrogen and oxygen atoms in total. The van der Waals surface area contributed by atoms with Gasteiger partial charge >= 0.3 is 6.18 Å². The molecule has 1 aliphatic heterocycles. The molecule has 30 heavy (non-hydrogen) atoms. The number of alkyl halides is 3. The Labute approximate surface area is 171 Å². The van der Waals surface area contributed by atoms with Crippen molar-refractivity contribution in [1.29, 1.82) is 10.8 Å². The summed E-state index contributed by atoms with van der Waals surface area (Å²) in [5, 5.41) is 16.0. The summed E-state index contributed by atoms with van der Waals surface area (Å²) in [7, 11) is 0. The van der Waals surface area contributed by atoms with Crippen molar-refractivity contribution in [2.24, 2.45) is 11.8 Å². The van der Waals surface area contributed by atoms with Gasteiger partial charge in [0.15, 0.2) is 5.84 Å². The SMILES string of the molecule is Cc1ccn(C(=N)C(=O)N2C[C@H]3CC(c4ccccc4C(F)(F)F)C[C@H]3C2)c(=N)n1. The number of halogens is 3. The summed E-state index contributed by atoms with van der Waals surface area (Å²) in [6, 6.07) is 7.37. The molecule has 1 unspecified atom stereocenters. The first-order valence-corrected chi connectivity index (χ1v) is 9.80. The molecule has 1 amide bonds. The molecule has 0 bridgehead atoms. The van der Waals surface area contributed by atoms with Crippen LogP contribution in [0.25, 0.3) is 0 Å². The van der Waals surface area contributed by atoms with Gasteiger partial charge in [0.05, 0.1) is 5.56 Å². The van der Waals surface area contributed by atoms with E-state index in [1.807, 2.05) is 0 Å². The van der Waals surface area contributed by atoms with Gasteiger partial charge in [0.1, 0.15) is 0 Å². The highest BCUT2D eigenvalue weighted by atomic mass is 19.4. The van der Waals surface area contributed by atoms with Crippen molar-refractivity contribution in [3.8, 4) is 0 Å². The molecule has 0 radical (unpaired) electrons. The Hall–Kier alpha value is -2.97. The number of amides is 1. The third-order valence-corrected chi connectivity index (χ3v) is 6.16. The molecule has 2 heterocycles. The number of rotatable bonds is 1. The van der Waals surface area contributed by atoms with Crippen molar-refractivity contribution < 1.29 is 18.0 Å². The van der Waals surface area contributed by atoms with Crippen LogP contribution >= 0.6 is 0 Å². The number of fused-ring (bicyclic) bond motifs is 1. The first-order valence-electron chi connectivity index (χ1n) is 9.80. The van der Waals surface area contributed by atoms with Crippen LogP contribution < -0.4 is 5.62 Å². The Kier molecular flexibility index (Phi) is 4.99. The van der Waals surface area contributed by atoms with E-state index in [-0.39, 0.29) is 29.2 Å². The predicted molar refractivity (Wildman–Crippen MR) is 103 cm³/mol. The number of nitrogens with zero attached hydrogens (tertiary/aromatic N) is 3. The zero-order valence-electron chi connectivity index (χ0n) is 16.4. The van der Waals surface area contributed by atoms with Gasteiger partial charge in [-0.25, -0.2) is 4.98 Å². The smallest absolute Gasteiger partial charge is 0.335 e. The lowest BCUT2D eigenvalue weighted by atomic mass is 9.91. The topological polar surface area (TPSA) is 85.8 Å². The second-order valence-corrected chi connectivity index (χ2v) is 8.09. The summed E-state index contributed by atoms with van der Waals surface area (Å²) < 4.78 is 41.2. The quantitative estimate of drug-likeness (QED) is 0.552. The summed E-state index contributed by atoms with van der Waals surface area (Å²) in [4.78, 5) is 18.3. The number of aryl methyl sites for hydroxylation is 1. The van der Waals surface area contributed by atoms with Gasteiger partial charge < -0.3 is 4.90 Å². The normalized spacial score (nSPS) is 23.5. The minimum Gasteiger partial charge on any atom is -0.335 e. The van der Waals surface area contributed by atoms with Gasteiger partial charge in [-0.05, 0) is 55.2 Å². The van der Waals surface area contributed by atoms with Gasteiger partial charge in [-0.3, -0.25) is 20.2 Å². The molecule has 2 aromatic rings. The molecule has 2 fully saturated rings. The molecular weight excluding hydrogens is 395 g/mol. The summed E-state index contributed by atoms with van der Waals surface area (Å²) in [5.74, 6) is -0.772. The number of carbonyl (C=O) groups is 1. The molecular formula is C21H22F3N5O. The van der Waals surface area contributed by atoms with Crippen molar-refractivity contribution in [3.63, 3.8) is 0 Å². The minimum atomic E-state index is -4.38. The zero-order valence-corrected chi connectivity index (χ0v) is 16.4. The third kappa shape index (κ3) is 3.64. The summed E-state index contributed by atoms with van der Waals surface area (Å²) in [6.07, 6.45) is -1.71. The van der Waals surface area contributed by atoms with Crippen LogP contribution in [0.5, 0.6) is 0 Å². The van der Waals surface area contributed by atoms with Gasteiger partial charge in [0, 0.05) is 25.0 Å². The monoisotopic (exact) mass is 417 g/mol. The lowest BCUT2D eigenvalue weighted by molar-refractivity contribution is -0.138. The number of nitrogens with one attached hydrogen (secondary N) is 2. The van der Waals surface area contributed by atoms with E-state index >= 15 is 0 Å². The number of hydrogen-bond acceptors (Lipinski definition) is 4. The van der Waals surface area contributed by atoms with E-state index in [2.05, 4.69) is 4.98 Å². The van der Waals surface area contributed by atoms with Crippen molar-refractivity contribution in [2.45, 2.75) is 31.9 Å². The molecule has 1 saturated heterocycles. The van der Waals surface area contributed by atoms with Crippen LogP contribution in [-0.2, 0) is 11.0 Å². The highest BCUT2D eigenvalue weighted by molar-refractivity contribution is 6.37. The average Bonchev–Trinajstić information content (AvgIpc) is 3.25. The van der Waals surface area contributed by atoms with Gasteiger partial charge in [-0.1, -0.05) is 18.2 Å². The van der Waals surface area contributed by atoms with Crippen LogP contribution in [0.2, 0.25) is 0 Å². The molecule has 2 aliphatic rings.